The zero-order valence-electron chi connectivity index (χ0n) is 18.4. The van der Waals surface area contributed by atoms with E-state index in [1.807, 2.05) is 24.3 Å². The number of para-hydroxylation sites is 1. The number of non-ortho nitro benzene ring substituents is 1. The molecule has 1 aliphatic rings. The molecule has 180 valence electrons. The summed E-state index contributed by atoms with van der Waals surface area (Å²) < 4.78 is 33.0. The van der Waals surface area contributed by atoms with Crippen molar-refractivity contribution in [3.05, 3.63) is 99.6 Å². The Bertz CT molecular complexity index is 1410. The van der Waals surface area contributed by atoms with E-state index in [1.54, 1.807) is 4.90 Å². The first-order valence-corrected chi connectivity index (χ1v) is 12.1. The molecule has 10 nitrogen and oxygen atoms in total. The van der Waals surface area contributed by atoms with Gasteiger partial charge in [0.2, 0.25) is 0 Å². The molecule has 1 amide bonds. The van der Waals surface area contributed by atoms with Gasteiger partial charge in [-0.15, -0.1) is 0 Å². The third-order valence-corrected chi connectivity index (χ3v) is 6.90. The Balaban J connectivity index is 1.44. The highest BCUT2D eigenvalue weighted by Crippen LogP contribution is 2.24. The molecule has 0 saturated heterocycles. The number of hydrogen-bond donors (Lipinski definition) is 1. The molecule has 0 unspecified atom stereocenters. The Morgan fingerprint density at radius 2 is 1.71 bits per heavy atom. The first kappa shape index (κ1) is 23.9. The number of nitrogens with zero attached hydrogens (tertiary/aromatic N) is 2. The van der Waals surface area contributed by atoms with Crippen LogP contribution >= 0.6 is 0 Å². The van der Waals surface area contributed by atoms with Crippen LogP contribution in [-0.4, -0.2) is 43.3 Å². The largest absolute Gasteiger partial charge is 0.452 e. The molecule has 0 aromatic heterocycles. The number of ether oxygens (including phenoxy) is 1. The molecule has 1 N–H and O–H groups in total. The van der Waals surface area contributed by atoms with Crippen molar-refractivity contribution in [1.82, 2.24) is 4.90 Å². The molecule has 1 aliphatic heterocycles. The number of fused-ring (bicyclic) bond motifs is 1. The van der Waals surface area contributed by atoms with Gasteiger partial charge in [0.05, 0.1) is 21.1 Å². The van der Waals surface area contributed by atoms with E-state index < -0.39 is 27.5 Å². The number of anilines is 1. The highest BCUT2D eigenvalue weighted by molar-refractivity contribution is 7.92. The fourth-order valence-electron chi connectivity index (χ4n) is 3.72. The number of rotatable bonds is 7. The minimum Gasteiger partial charge on any atom is -0.452 e. The number of nitro benzene ring substituents is 1. The van der Waals surface area contributed by atoms with Gasteiger partial charge in [0.25, 0.3) is 21.6 Å². The molecule has 0 fully saturated rings. The van der Waals surface area contributed by atoms with Crippen LogP contribution in [0.1, 0.15) is 21.5 Å². The second kappa shape index (κ2) is 9.94. The van der Waals surface area contributed by atoms with Crippen LogP contribution in [0.3, 0.4) is 0 Å². The van der Waals surface area contributed by atoms with Crippen LogP contribution in [0, 0.1) is 10.1 Å². The van der Waals surface area contributed by atoms with Gasteiger partial charge in [0, 0.05) is 25.2 Å². The standard InChI is InChI=1S/C24H21N3O7S/c28-23(26-13-12-17-6-1-2-7-18(17)15-26)16-34-24(29)21-10-3-4-11-22(21)25-35(32,33)20-9-5-8-19(14-20)27(30)31/h1-11,14,25H,12-13,15-16H2. The Labute approximate surface area is 201 Å². The number of esters is 1. The minimum absolute atomic E-state index is 0.0802. The average Bonchev–Trinajstić information content (AvgIpc) is 2.87. The maximum absolute atomic E-state index is 12.8. The summed E-state index contributed by atoms with van der Waals surface area (Å²) in [5, 5.41) is 11.0. The SMILES string of the molecule is O=C(OCC(=O)N1CCc2ccccc2C1)c1ccccc1NS(=O)(=O)c1cccc([N+](=O)[O-])c1. The summed E-state index contributed by atoms with van der Waals surface area (Å²) in [7, 11) is -4.24. The van der Waals surface area contributed by atoms with Gasteiger partial charge in [-0.25, -0.2) is 13.2 Å². The van der Waals surface area contributed by atoms with Gasteiger partial charge in [-0.05, 0) is 35.7 Å². The van der Waals surface area contributed by atoms with E-state index in [-0.39, 0.29) is 27.7 Å². The van der Waals surface area contributed by atoms with Crippen molar-refractivity contribution in [2.45, 2.75) is 17.9 Å². The Kier molecular flexibility index (Phi) is 6.78. The van der Waals surface area contributed by atoms with Crippen LogP contribution < -0.4 is 4.72 Å². The average molecular weight is 496 g/mol. The second-order valence-electron chi connectivity index (χ2n) is 7.82. The number of benzene rings is 3. The van der Waals surface area contributed by atoms with Gasteiger partial charge in [-0.1, -0.05) is 42.5 Å². The summed E-state index contributed by atoms with van der Waals surface area (Å²) >= 11 is 0. The molecule has 0 radical (unpaired) electrons. The van der Waals surface area contributed by atoms with Crippen LogP contribution in [0.5, 0.6) is 0 Å². The zero-order chi connectivity index (χ0) is 25.0. The zero-order valence-corrected chi connectivity index (χ0v) is 19.2. The fourth-order valence-corrected chi connectivity index (χ4v) is 4.84. The quantitative estimate of drug-likeness (QED) is 0.302. The highest BCUT2D eigenvalue weighted by Gasteiger charge is 2.24. The molecule has 1 heterocycles. The molecular formula is C24H21N3O7S. The predicted molar refractivity (Wildman–Crippen MR) is 126 cm³/mol. The molecular weight excluding hydrogens is 474 g/mol. The predicted octanol–water partition coefficient (Wildman–Crippen LogP) is 3.14. The molecule has 0 saturated carbocycles. The Morgan fingerprint density at radius 1 is 1.00 bits per heavy atom. The Morgan fingerprint density at radius 3 is 2.49 bits per heavy atom. The minimum atomic E-state index is -4.24. The summed E-state index contributed by atoms with van der Waals surface area (Å²) in [6.07, 6.45) is 0.706. The highest BCUT2D eigenvalue weighted by atomic mass is 32.2. The van der Waals surface area contributed by atoms with E-state index in [0.29, 0.717) is 19.5 Å². The molecule has 3 aromatic carbocycles. The number of nitrogens with one attached hydrogen (secondary N) is 1. The number of amides is 1. The second-order valence-corrected chi connectivity index (χ2v) is 9.50. The Hall–Kier alpha value is -4.25. The molecule has 11 heteroatoms. The maximum atomic E-state index is 12.8. The van der Waals surface area contributed by atoms with Crippen LogP contribution in [0.2, 0.25) is 0 Å². The normalized spacial score (nSPS) is 13.0. The van der Waals surface area contributed by atoms with E-state index in [2.05, 4.69) is 4.72 Å². The third-order valence-electron chi connectivity index (χ3n) is 5.54. The van der Waals surface area contributed by atoms with E-state index in [4.69, 9.17) is 4.74 Å². The van der Waals surface area contributed by atoms with Crippen molar-refractivity contribution in [2.24, 2.45) is 0 Å². The lowest BCUT2D eigenvalue weighted by atomic mass is 10.00. The van der Waals surface area contributed by atoms with Crippen molar-refractivity contribution in [3.63, 3.8) is 0 Å². The van der Waals surface area contributed by atoms with Crippen LogP contribution in [0.25, 0.3) is 0 Å². The van der Waals surface area contributed by atoms with Crippen LogP contribution in [0.4, 0.5) is 11.4 Å². The number of nitro groups is 1. The van der Waals surface area contributed by atoms with E-state index in [9.17, 15) is 28.1 Å². The lowest BCUT2D eigenvalue weighted by molar-refractivity contribution is -0.385. The summed E-state index contributed by atoms with van der Waals surface area (Å²) in [5.74, 6) is -1.24. The maximum Gasteiger partial charge on any atom is 0.340 e. The summed E-state index contributed by atoms with van der Waals surface area (Å²) in [5.41, 5.74) is 1.65. The summed E-state index contributed by atoms with van der Waals surface area (Å²) in [6.45, 7) is 0.437. The molecule has 4 rings (SSSR count). The van der Waals surface area contributed by atoms with Gasteiger partial charge in [-0.3, -0.25) is 19.6 Å². The lowest BCUT2D eigenvalue weighted by Crippen LogP contribution is -2.38. The third kappa shape index (κ3) is 5.46. The summed E-state index contributed by atoms with van der Waals surface area (Å²) in [6, 6.07) is 18.1. The van der Waals surface area contributed by atoms with Crippen molar-refractivity contribution < 1.29 is 27.7 Å². The molecule has 0 atom stereocenters. The summed E-state index contributed by atoms with van der Waals surface area (Å²) in [4.78, 5) is 36.9. The van der Waals surface area contributed by atoms with Gasteiger partial charge < -0.3 is 9.64 Å². The van der Waals surface area contributed by atoms with E-state index >= 15 is 0 Å². The van der Waals surface area contributed by atoms with E-state index in [0.717, 1.165) is 11.6 Å². The van der Waals surface area contributed by atoms with Gasteiger partial charge in [0.1, 0.15) is 0 Å². The first-order chi connectivity index (χ1) is 16.7. The monoisotopic (exact) mass is 495 g/mol. The number of sulfonamides is 1. The molecule has 3 aromatic rings. The smallest absolute Gasteiger partial charge is 0.340 e. The van der Waals surface area contributed by atoms with E-state index in [1.165, 1.54) is 48.0 Å². The van der Waals surface area contributed by atoms with Crippen LogP contribution in [-0.2, 0) is 32.5 Å². The van der Waals surface area contributed by atoms with Crippen molar-refractivity contribution in [3.8, 4) is 0 Å². The molecule has 0 spiro atoms. The number of hydrogen-bond acceptors (Lipinski definition) is 7. The van der Waals surface area contributed by atoms with Crippen molar-refractivity contribution in [1.29, 1.82) is 0 Å². The molecule has 0 aliphatic carbocycles. The van der Waals surface area contributed by atoms with Gasteiger partial charge in [-0.2, -0.15) is 0 Å². The van der Waals surface area contributed by atoms with Crippen molar-refractivity contribution >= 4 is 33.3 Å². The number of carbonyl (C=O) groups excluding carboxylic acids is 2. The molecule has 0 bridgehead atoms. The van der Waals surface area contributed by atoms with Gasteiger partial charge in [0.15, 0.2) is 6.61 Å². The fraction of sp³-hybridized carbons (Fsp3) is 0.167. The lowest BCUT2D eigenvalue weighted by Gasteiger charge is -2.28. The van der Waals surface area contributed by atoms with Crippen LogP contribution in [0.15, 0.2) is 77.7 Å². The first-order valence-electron chi connectivity index (χ1n) is 10.6. The van der Waals surface area contributed by atoms with Crippen molar-refractivity contribution in [2.75, 3.05) is 17.9 Å². The molecule has 35 heavy (non-hydrogen) atoms. The van der Waals surface area contributed by atoms with Gasteiger partial charge >= 0.3 is 5.97 Å². The number of carbonyl (C=O) groups is 2. The topological polar surface area (TPSA) is 136 Å².